The summed E-state index contributed by atoms with van der Waals surface area (Å²) < 4.78 is 1.97. The lowest BCUT2D eigenvalue weighted by Crippen LogP contribution is -2.10. The molecule has 0 aliphatic heterocycles. The van der Waals surface area contributed by atoms with Crippen LogP contribution in [0.3, 0.4) is 0 Å². The molecule has 0 bridgehead atoms. The van der Waals surface area contributed by atoms with Crippen LogP contribution in [-0.2, 0) is 19.5 Å². The van der Waals surface area contributed by atoms with Crippen molar-refractivity contribution in [1.29, 1.82) is 0 Å². The molecule has 0 aliphatic carbocycles. The number of nitrogens with zero attached hydrogens (tertiary/aromatic N) is 3. The lowest BCUT2D eigenvalue weighted by molar-refractivity contribution is 0.460. The Kier molecular flexibility index (Phi) is 3.42. The van der Waals surface area contributed by atoms with Crippen LogP contribution in [0.5, 0.6) is 0 Å². The third-order valence-corrected chi connectivity index (χ3v) is 1.98. The second-order valence-corrected chi connectivity index (χ2v) is 3.62. The van der Waals surface area contributed by atoms with Gasteiger partial charge in [-0.15, -0.1) is 5.10 Å². The lowest BCUT2D eigenvalue weighted by Gasteiger charge is -2.07. The summed E-state index contributed by atoms with van der Waals surface area (Å²) in [6.07, 6.45) is 0.951. The minimum Gasteiger partial charge on any atom is -0.325 e. The van der Waals surface area contributed by atoms with Crippen LogP contribution in [0.15, 0.2) is 0 Å². The Morgan fingerprint density at radius 3 is 2.62 bits per heavy atom. The van der Waals surface area contributed by atoms with Crippen LogP contribution in [0.25, 0.3) is 0 Å². The predicted molar refractivity (Wildman–Crippen MR) is 52.1 cm³/mol. The standard InChI is InChI=1S/C9H18N4/c1-4-9-8(5-10)11-12-13(9)6-7(2)3/h7H,4-6,10H2,1-3H3. The predicted octanol–water partition coefficient (Wildman–Crippen LogP) is 0.955. The van der Waals surface area contributed by atoms with Gasteiger partial charge in [0.25, 0.3) is 0 Å². The molecule has 0 aromatic carbocycles. The van der Waals surface area contributed by atoms with Gasteiger partial charge in [0.2, 0.25) is 0 Å². The smallest absolute Gasteiger partial charge is 0.0994 e. The Bertz CT molecular complexity index is 265. The van der Waals surface area contributed by atoms with E-state index in [1.165, 1.54) is 5.69 Å². The van der Waals surface area contributed by atoms with Gasteiger partial charge in [-0.25, -0.2) is 4.68 Å². The fourth-order valence-electron chi connectivity index (χ4n) is 1.41. The number of nitrogens with two attached hydrogens (primary N) is 1. The van der Waals surface area contributed by atoms with Gasteiger partial charge in [0.15, 0.2) is 0 Å². The zero-order chi connectivity index (χ0) is 9.84. The molecule has 0 aliphatic rings. The molecule has 0 radical (unpaired) electrons. The molecule has 4 heteroatoms. The van der Waals surface area contributed by atoms with Gasteiger partial charge in [0.1, 0.15) is 0 Å². The average Bonchev–Trinajstić information content (AvgIpc) is 2.45. The van der Waals surface area contributed by atoms with E-state index >= 15 is 0 Å². The minimum absolute atomic E-state index is 0.487. The molecule has 0 spiro atoms. The molecule has 0 fully saturated rings. The summed E-state index contributed by atoms with van der Waals surface area (Å²) in [5.41, 5.74) is 7.67. The van der Waals surface area contributed by atoms with E-state index in [9.17, 15) is 0 Å². The molecule has 4 nitrogen and oxygen atoms in total. The number of hydrogen-bond donors (Lipinski definition) is 1. The monoisotopic (exact) mass is 182 g/mol. The average molecular weight is 182 g/mol. The first-order valence-electron chi connectivity index (χ1n) is 4.80. The van der Waals surface area contributed by atoms with Crippen molar-refractivity contribution in [2.24, 2.45) is 11.7 Å². The maximum absolute atomic E-state index is 5.55. The molecule has 0 amide bonds. The third kappa shape index (κ3) is 2.28. The molecule has 1 aromatic heterocycles. The van der Waals surface area contributed by atoms with Crippen LogP contribution in [-0.4, -0.2) is 15.0 Å². The number of rotatable bonds is 4. The highest BCUT2D eigenvalue weighted by Crippen LogP contribution is 2.08. The van der Waals surface area contributed by atoms with Gasteiger partial charge in [-0.2, -0.15) is 0 Å². The lowest BCUT2D eigenvalue weighted by atomic mass is 10.2. The van der Waals surface area contributed by atoms with E-state index in [-0.39, 0.29) is 0 Å². The van der Waals surface area contributed by atoms with Crippen LogP contribution in [0.2, 0.25) is 0 Å². The Morgan fingerprint density at radius 2 is 2.15 bits per heavy atom. The van der Waals surface area contributed by atoms with Crippen molar-refractivity contribution in [3.8, 4) is 0 Å². The van der Waals surface area contributed by atoms with E-state index < -0.39 is 0 Å². The third-order valence-electron chi connectivity index (χ3n) is 1.98. The van der Waals surface area contributed by atoms with Crippen molar-refractivity contribution in [3.05, 3.63) is 11.4 Å². The van der Waals surface area contributed by atoms with Gasteiger partial charge >= 0.3 is 0 Å². The van der Waals surface area contributed by atoms with Crippen LogP contribution >= 0.6 is 0 Å². The minimum atomic E-state index is 0.487. The molecule has 0 unspecified atom stereocenters. The van der Waals surface area contributed by atoms with Crippen molar-refractivity contribution in [3.63, 3.8) is 0 Å². The summed E-state index contributed by atoms with van der Waals surface area (Å²) in [4.78, 5) is 0. The number of hydrogen-bond acceptors (Lipinski definition) is 3. The van der Waals surface area contributed by atoms with E-state index in [1.807, 2.05) is 4.68 Å². The highest BCUT2D eigenvalue weighted by Gasteiger charge is 2.09. The first-order valence-corrected chi connectivity index (χ1v) is 4.80. The molecule has 74 valence electrons. The zero-order valence-electron chi connectivity index (χ0n) is 8.62. The summed E-state index contributed by atoms with van der Waals surface area (Å²) in [5, 5.41) is 8.13. The van der Waals surface area contributed by atoms with E-state index in [4.69, 9.17) is 5.73 Å². The maximum Gasteiger partial charge on any atom is 0.0994 e. The molecule has 0 saturated carbocycles. The molecular formula is C9H18N4. The Balaban J connectivity index is 2.87. The molecule has 13 heavy (non-hydrogen) atoms. The fourth-order valence-corrected chi connectivity index (χ4v) is 1.41. The summed E-state index contributed by atoms with van der Waals surface area (Å²) in [5.74, 6) is 0.595. The van der Waals surface area contributed by atoms with Gasteiger partial charge in [-0.05, 0) is 12.3 Å². The van der Waals surface area contributed by atoms with E-state index in [1.54, 1.807) is 0 Å². The molecule has 2 N–H and O–H groups in total. The van der Waals surface area contributed by atoms with Crippen molar-refractivity contribution in [2.45, 2.75) is 40.3 Å². The van der Waals surface area contributed by atoms with Crippen LogP contribution in [0.4, 0.5) is 0 Å². The van der Waals surface area contributed by atoms with Crippen LogP contribution < -0.4 is 5.73 Å². The van der Waals surface area contributed by atoms with Gasteiger partial charge < -0.3 is 5.73 Å². The second-order valence-electron chi connectivity index (χ2n) is 3.62. The quantitative estimate of drug-likeness (QED) is 0.754. The van der Waals surface area contributed by atoms with E-state index in [2.05, 4.69) is 31.1 Å². The van der Waals surface area contributed by atoms with Crippen molar-refractivity contribution in [2.75, 3.05) is 0 Å². The molecule has 1 heterocycles. The van der Waals surface area contributed by atoms with Crippen molar-refractivity contribution >= 4 is 0 Å². The molecule has 1 aromatic rings. The topological polar surface area (TPSA) is 56.7 Å². The van der Waals surface area contributed by atoms with Crippen molar-refractivity contribution < 1.29 is 0 Å². The van der Waals surface area contributed by atoms with Gasteiger partial charge in [-0.3, -0.25) is 0 Å². The van der Waals surface area contributed by atoms with Gasteiger partial charge in [0, 0.05) is 13.1 Å². The summed E-state index contributed by atoms with van der Waals surface area (Å²) in [7, 11) is 0. The molecule has 0 saturated heterocycles. The SMILES string of the molecule is CCc1c(CN)nnn1CC(C)C. The number of aromatic nitrogens is 3. The Morgan fingerprint density at radius 1 is 1.46 bits per heavy atom. The Hall–Kier alpha value is -0.900. The zero-order valence-corrected chi connectivity index (χ0v) is 8.62. The highest BCUT2D eigenvalue weighted by atomic mass is 15.4. The summed E-state index contributed by atoms with van der Waals surface area (Å²) in [6, 6.07) is 0. The normalized spacial score (nSPS) is 11.2. The first kappa shape index (κ1) is 10.2. The summed E-state index contributed by atoms with van der Waals surface area (Å²) >= 11 is 0. The highest BCUT2D eigenvalue weighted by molar-refractivity contribution is 5.09. The largest absolute Gasteiger partial charge is 0.325 e. The fraction of sp³-hybridized carbons (Fsp3) is 0.778. The molecule has 1 rings (SSSR count). The second kappa shape index (κ2) is 4.37. The molecule has 0 atom stereocenters. The van der Waals surface area contributed by atoms with Crippen LogP contribution in [0, 0.1) is 5.92 Å². The van der Waals surface area contributed by atoms with Gasteiger partial charge in [0.05, 0.1) is 11.4 Å². The van der Waals surface area contributed by atoms with Gasteiger partial charge in [-0.1, -0.05) is 26.0 Å². The maximum atomic E-state index is 5.55. The van der Waals surface area contributed by atoms with E-state index in [0.717, 1.165) is 18.7 Å². The Labute approximate surface area is 79.1 Å². The first-order chi connectivity index (χ1) is 6.19. The van der Waals surface area contributed by atoms with Crippen molar-refractivity contribution in [1.82, 2.24) is 15.0 Å². The summed E-state index contributed by atoms with van der Waals surface area (Å²) in [6.45, 7) is 7.86. The van der Waals surface area contributed by atoms with E-state index in [0.29, 0.717) is 12.5 Å². The molecular weight excluding hydrogens is 164 g/mol. The van der Waals surface area contributed by atoms with Crippen LogP contribution in [0.1, 0.15) is 32.2 Å².